The summed E-state index contributed by atoms with van der Waals surface area (Å²) in [4.78, 5) is 1.83. The van der Waals surface area contributed by atoms with E-state index in [9.17, 15) is 13.2 Å². The van der Waals surface area contributed by atoms with Crippen molar-refractivity contribution in [3.63, 3.8) is 0 Å². The van der Waals surface area contributed by atoms with E-state index in [4.69, 9.17) is 10.5 Å². The molecule has 1 aliphatic rings. The third-order valence-corrected chi connectivity index (χ3v) is 3.75. The van der Waals surface area contributed by atoms with Crippen molar-refractivity contribution < 1.29 is 17.9 Å². The van der Waals surface area contributed by atoms with Crippen LogP contribution in [0.3, 0.4) is 0 Å². The number of anilines is 1. The van der Waals surface area contributed by atoms with Crippen LogP contribution in [0.2, 0.25) is 0 Å². The Balaban J connectivity index is 2.08. The average molecular weight is 302 g/mol. The zero-order chi connectivity index (χ0) is 15.5. The van der Waals surface area contributed by atoms with E-state index in [1.807, 2.05) is 11.8 Å². The summed E-state index contributed by atoms with van der Waals surface area (Å²) < 4.78 is 44.1. The smallest absolute Gasteiger partial charge is 0.393 e. The van der Waals surface area contributed by atoms with Crippen molar-refractivity contribution in [2.75, 3.05) is 25.4 Å². The second kappa shape index (κ2) is 6.56. The molecule has 1 atom stereocenters. The van der Waals surface area contributed by atoms with E-state index >= 15 is 0 Å². The van der Waals surface area contributed by atoms with E-state index < -0.39 is 12.1 Å². The van der Waals surface area contributed by atoms with E-state index in [1.165, 1.54) is 0 Å². The zero-order valence-corrected chi connectivity index (χ0v) is 12.1. The Kier molecular flexibility index (Phi) is 4.98. The van der Waals surface area contributed by atoms with Crippen molar-refractivity contribution in [2.24, 2.45) is 5.92 Å². The molecule has 1 aliphatic heterocycles. The second-order valence-electron chi connectivity index (χ2n) is 5.42. The highest BCUT2D eigenvalue weighted by Crippen LogP contribution is 2.34. The van der Waals surface area contributed by atoms with E-state index in [1.54, 1.807) is 18.2 Å². The number of likely N-dealkylation sites (tertiary alicyclic amines) is 1. The molecule has 0 radical (unpaired) electrons. The van der Waals surface area contributed by atoms with Crippen LogP contribution in [-0.4, -0.2) is 30.8 Å². The second-order valence-corrected chi connectivity index (χ2v) is 5.42. The lowest BCUT2D eigenvalue weighted by Crippen LogP contribution is -2.41. The van der Waals surface area contributed by atoms with Crippen molar-refractivity contribution in [3.8, 4) is 5.75 Å². The van der Waals surface area contributed by atoms with Crippen molar-refractivity contribution in [1.29, 1.82) is 0 Å². The molecule has 118 valence electrons. The summed E-state index contributed by atoms with van der Waals surface area (Å²) in [7, 11) is 0. The number of alkyl halides is 3. The molecule has 0 saturated carbocycles. The van der Waals surface area contributed by atoms with Crippen LogP contribution in [0.15, 0.2) is 18.2 Å². The van der Waals surface area contributed by atoms with Gasteiger partial charge in [0.15, 0.2) is 0 Å². The van der Waals surface area contributed by atoms with Crippen molar-refractivity contribution in [3.05, 3.63) is 23.8 Å². The minimum absolute atomic E-state index is 0.0455. The maximum atomic E-state index is 12.8. The first-order valence-corrected chi connectivity index (χ1v) is 7.20. The molecule has 0 amide bonds. The monoisotopic (exact) mass is 302 g/mol. The van der Waals surface area contributed by atoms with Crippen LogP contribution in [0, 0.1) is 5.92 Å². The number of hydrogen-bond donors (Lipinski definition) is 1. The van der Waals surface area contributed by atoms with E-state index in [0.29, 0.717) is 37.6 Å². The van der Waals surface area contributed by atoms with Gasteiger partial charge in [-0.2, -0.15) is 13.2 Å². The van der Waals surface area contributed by atoms with Gasteiger partial charge in [0.25, 0.3) is 0 Å². The van der Waals surface area contributed by atoms with Gasteiger partial charge in [0.2, 0.25) is 0 Å². The number of hydrogen-bond acceptors (Lipinski definition) is 3. The molecular weight excluding hydrogens is 281 g/mol. The number of ether oxygens (including phenoxy) is 1. The van der Waals surface area contributed by atoms with Gasteiger partial charge < -0.3 is 10.5 Å². The molecule has 1 heterocycles. The molecule has 3 nitrogen and oxygen atoms in total. The molecule has 0 spiro atoms. The molecule has 2 rings (SSSR count). The molecule has 1 fully saturated rings. The van der Waals surface area contributed by atoms with Gasteiger partial charge in [-0.05, 0) is 44.5 Å². The molecule has 1 aromatic rings. The Morgan fingerprint density at radius 2 is 2.14 bits per heavy atom. The van der Waals surface area contributed by atoms with Crippen LogP contribution in [0.25, 0.3) is 0 Å². The summed E-state index contributed by atoms with van der Waals surface area (Å²) in [5.41, 5.74) is 7.21. The van der Waals surface area contributed by atoms with Gasteiger partial charge in [-0.25, -0.2) is 0 Å². The lowest BCUT2D eigenvalue weighted by atomic mass is 9.97. The van der Waals surface area contributed by atoms with E-state index in [-0.39, 0.29) is 13.0 Å². The summed E-state index contributed by atoms with van der Waals surface area (Å²) in [5, 5.41) is 0. The average Bonchev–Trinajstić information content (AvgIpc) is 2.41. The minimum atomic E-state index is -4.11. The molecule has 0 aliphatic carbocycles. The first kappa shape index (κ1) is 15.9. The lowest BCUT2D eigenvalue weighted by Gasteiger charge is -2.34. The lowest BCUT2D eigenvalue weighted by molar-refractivity contribution is -0.187. The summed E-state index contributed by atoms with van der Waals surface area (Å²) in [6.07, 6.45) is -3.33. The fourth-order valence-corrected chi connectivity index (χ4v) is 2.73. The van der Waals surface area contributed by atoms with Crippen LogP contribution in [0.5, 0.6) is 5.75 Å². The molecule has 1 unspecified atom stereocenters. The Bertz CT molecular complexity index is 476. The maximum Gasteiger partial charge on any atom is 0.393 e. The fourth-order valence-electron chi connectivity index (χ4n) is 2.73. The predicted octanol–water partition coefficient (Wildman–Crippen LogP) is 3.44. The van der Waals surface area contributed by atoms with Crippen LogP contribution in [0.1, 0.15) is 25.3 Å². The molecule has 2 N–H and O–H groups in total. The highest BCUT2D eigenvalue weighted by molar-refractivity contribution is 5.47. The number of halogens is 3. The number of benzene rings is 1. The Hall–Kier alpha value is -1.43. The number of rotatable bonds is 4. The standard InChI is InChI=1S/C15H21F3N2O/c1-2-21-14-6-5-13(19)8-11(14)9-20-7-3-4-12(10-20)15(16,17)18/h5-6,8,12H,2-4,7,9-10,19H2,1H3. The summed E-state index contributed by atoms with van der Waals surface area (Å²) in [6.45, 7) is 3.55. The number of piperidine rings is 1. The number of nitrogens with two attached hydrogens (primary N) is 1. The third-order valence-electron chi connectivity index (χ3n) is 3.75. The largest absolute Gasteiger partial charge is 0.494 e. The van der Waals surface area contributed by atoms with E-state index in [2.05, 4.69) is 0 Å². The molecule has 6 heteroatoms. The summed E-state index contributed by atoms with van der Waals surface area (Å²) in [5.74, 6) is -0.538. The van der Waals surface area contributed by atoms with Gasteiger partial charge >= 0.3 is 6.18 Å². The van der Waals surface area contributed by atoms with Crippen molar-refractivity contribution in [2.45, 2.75) is 32.5 Å². The van der Waals surface area contributed by atoms with Gasteiger partial charge in [0.1, 0.15) is 5.75 Å². The highest BCUT2D eigenvalue weighted by Gasteiger charge is 2.41. The number of nitrogen functional groups attached to an aromatic ring is 1. The van der Waals surface area contributed by atoms with Crippen LogP contribution < -0.4 is 10.5 Å². The first-order valence-electron chi connectivity index (χ1n) is 7.20. The van der Waals surface area contributed by atoms with Crippen molar-refractivity contribution in [1.82, 2.24) is 4.90 Å². The summed E-state index contributed by atoms with van der Waals surface area (Å²) >= 11 is 0. The van der Waals surface area contributed by atoms with Crippen LogP contribution in [0.4, 0.5) is 18.9 Å². The normalized spacial score (nSPS) is 20.5. The highest BCUT2D eigenvalue weighted by atomic mass is 19.4. The Labute approximate surface area is 122 Å². The molecule has 1 aromatic carbocycles. The topological polar surface area (TPSA) is 38.5 Å². The van der Waals surface area contributed by atoms with Gasteiger partial charge in [-0.1, -0.05) is 0 Å². The Morgan fingerprint density at radius 1 is 1.38 bits per heavy atom. The third kappa shape index (κ3) is 4.27. The van der Waals surface area contributed by atoms with E-state index in [0.717, 1.165) is 5.56 Å². The Morgan fingerprint density at radius 3 is 2.81 bits per heavy atom. The predicted molar refractivity (Wildman–Crippen MR) is 76.1 cm³/mol. The quantitative estimate of drug-likeness (QED) is 0.866. The molecule has 0 bridgehead atoms. The molecule has 21 heavy (non-hydrogen) atoms. The van der Waals surface area contributed by atoms with Gasteiger partial charge in [-0.15, -0.1) is 0 Å². The zero-order valence-electron chi connectivity index (χ0n) is 12.1. The van der Waals surface area contributed by atoms with Gasteiger partial charge in [0.05, 0.1) is 12.5 Å². The molecule has 1 saturated heterocycles. The minimum Gasteiger partial charge on any atom is -0.494 e. The first-order chi connectivity index (χ1) is 9.90. The van der Waals surface area contributed by atoms with Crippen LogP contribution >= 0.6 is 0 Å². The van der Waals surface area contributed by atoms with Crippen molar-refractivity contribution >= 4 is 5.69 Å². The molecular formula is C15H21F3N2O. The fraction of sp³-hybridized carbons (Fsp3) is 0.600. The van der Waals surface area contributed by atoms with Crippen LogP contribution in [-0.2, 0) is 6.54 Å². The summed E-state index contributed by atoms with van der Waals surface area (Å²) in [6, 6.07) is 5.30. The maximum absolute atomic E-state index is 12.8. The SMILES string of the molecule is CCOc1ccc(N)cc1CN1CCCC(C(F)(F)F)C1. The molecule has 0 aromatic heterocycles. The van der Waals surface area contributed by atoms with Gasteiger partial charge in [0, 0.05) is 24.3 Å². The van der Waals surface area contributed by atoms with Gasteiger partial charge in [-0.3, -0.25) is 4.90 Å². The number of nitrogens with zero attached hydrogens (tertiary/aromatic N) is 1.